The monoisotopic (exact) mass is 353 g/mol. The molecule has 6 heteroatoms. The van der Waals surface area contributed by atoms with Crippen molar-refractivity contribution in [1.82, 2.24) is 9.97 Å². The minimum Gasteiger partial charge on any atom is -0.369 e. The first kappa shape index (κ1) is 15.2. The Morgan fingerprint density at radius 3 is 2.79 bits per heavy atom. The van der Waals surface area contributed by atoms with Crippen LogP contribution in [-0.2, 0) is 6.42 Å². The lowest BCUT2D eigenvalue weighted by Crippen LogP contribution is -2.10. The molecule has 2 aromatic carbocycles. The number of aryl methyl sites for hydroxylation is 1. The molecule has 0 unspecified atom stereocenters. The fourth-order valence-corrected chi connectivity index (χ4v) is 5.17. The van der Waals surface area contributed by atoms with Crippen LogP contribution < -0.4 is 11.3 Å². The lowest BCUT2D eigenvalue weighted by molar-refractivity contribution is 1.13. The third-order valence-electron chi connectivity index (χ3n) is 3.87. The van der Waals surface area contributed by atoms with Crippen LogP contribution >= 0.6 is 23.1 Å². The quantitative estimate of drug-likeness (QED) is 0.571. The Hall–Kier alpha value is -2.31. The molecule has 0 saturated heterocycles. The first-order valence-corrected chi connectivity index (χ1v) is 9.27. The third-order valence-corrected chi connectivity index (χ3v) is 6.37. The molecular weight excluding hydrogens is 338 g/mol. The highest BCUT2D eigenvalue weighted by atomic mass is 32.2. The molecule has 0 spiro atoms. The summed E-state index contributed by atoms with van der Waals surface area (Å²) in [5.74, 6) is 0.165. The van der Waals surface area contributed by atoms with Crippen molar-refractivity contribution < 1.29 is 0 Å². The summed E-state index contributed by atoms with van der Waals surface area (Å²) in [5, 5.41) is 3.04. The van der Waals surface area contributed by atoms with E-state index in [1.807, 2.05) is 12.1 Å². The summed E-state index contributed by atoms with van der Waals surface area (Å²) in [7, 11) is 0. The Labute approximate surface area is 146 Å². The van der Waals surface area contributed by atoms with Crippen molar-refractivity contribution in [2.45, 2.75) is 23.1 Å². The summed E-state index contributed by atoms with van der Waals surface area (Å²) < 4.78 is 0. The highest BCUT2D eigenvalue weighted by Gasteiger charge is 2.17. The number of thiophene rings is 1. The summed E-state index contributed by atoms with van der Waals surface area (Å²) in [6.45, 7) is 2.09. The number of aromatic nitrogens is 2. The summed E-state index contributed by atoms with van der Waals surface area (Å²) in [6.07, 6.45) is 0.857. The first-order valence-electron chi connectivity index (χ1n) is 7.63. The number of aromatic amines is 1. The SMILES string of the molecule is CCc1sc2nc(N)[nH]c(=O)c2c1Sc1ccc2ccccc2c1. The average Bonchev–Trinajstić information content (AvgIpc) is 2.92. The second kappa shape index (κ2) is 5.96. The van der Waals surface area contributed by atoms with Gasteiger partial charge in [0.25, 0.3) is 5.56 Å². The van der Waals surface area contributed by atoms with Crippen LogP contribution in [0.3, 0.4) is 0 Å². The predicted octanol–water partition coefficient (Wildman–Crippen LogP) is 4.43. The van der Waals surface area contributed by atoms with Crippen molar-refractivity contribution in [3.8, 4) is 0 Å². The van der Waals surface area contributed by atoms with E-state index in [-0.39, 0.29) is 11.5 Å². The lowest BCUT2D eigenvalue weighted by Gasteiger charge is -2.05. The zero-order chi connectivity index (χ0) is 16.7. The van der Waals surface area contributed by atoms with Crippen LogP contribution in [0.5, 0.6) is 0 Å². The molecule has 2 aromatic heterocycles. The van der Waals surface area contributed by atoms with E-state index in [0.717, 1.165) is 21.1 Å². The highest BCUT2D eigenvalue weighted by Crippen LogP contribution is 2.40. The average molecular weight is 353 g/mol. The number of hydrogen-bond acceptors (Lipinski definition) is 5. The van der Waals surface area contributed by atoms with Crippen LogP contribution in [0.4, 0.5) is 5.95 Å². The number of nitrogens with one attached hydrogen (secondary N) is 1. The number of rotatable bonds is 3. The van der Waals surface area contributed by atoms with Gasteiger partial charge in [0.15, 0.2) is 0 Å². The highest BCUT2D eigenvalue weighted by molar-refractivity contribution is 7.99. The normalized spacial score (nSPS) is 11.4. The second-order valence-electron chi connectivity index (χ2n) is 5.45. The molecular formula is C18H15N3OS2. The van der Waals surface area contributed by atoms with E-state index in [1.165, 1.54) is 10.8 Å². The van der Waals surface area contributed by atoms with Crippen LogP contribution in [-0.4, -0.2) is 9.97 Å². The number of nitrogens with zero attached hydrogens (tertiary/aromatic N) is 1. The fourth-order valence-electron chi connectivity index (χ4n) is 2.74. The van der Waals surface area contributed by atoms with Crippen molar-refractivity contribution in [3.63, 3.8) is 0 Å². The van der Waals surface area contributed by atoms with Gasteiger partial charge in [-0.05, 0) is 29.3 Å². The molecule has 3 N–H and O–H groups in total. The van der Waals surface area contributed by atoms with Crippen molar-refractivity contribution in [2.75, 3.05) is 5.73 Å². The van der Waals surface area contributed by atoms with E-state index in [0.29, 0.717) is 10.2 Å². The maximum atomic E-state index is 12.4. The Kier molecular flexibility index (Phi) is 3.78. The van der Waals surface area contributed by atoms with E-state index in [4.69, 9.17) is 5.73 Å². The molecule has 24 heavy (non-hydrogen) atoms. The molecule has 0 aliphatic heterocycles. The summed E-state index contributed by atoms with van der Waals surface area (Å²) in [5.41, 5.74) is 5.50. The van der Waals surface area contributed by atoms with Crippen molar-refractivity contribution >= 4 is 50.0 Å². The van der Waals surface area contributed by atoms with Gasteiger partial charge in [0, 0.05) is 14.7 Å². The molecule has 2 heterocycles. The van der Waals surface area contributed by atoms with Gasteiger partial charge >= 0.3 is 0 Å². The maximum absolute atomic E-state index is 12.4. The van der Waals surface area contributed by atoms with E-state index in [1.54, 1.807) is 23.1 Å². The van der Waals surface area contributed by atoms with E-state index < -0.39 is 0 Å². The fraction of sp³-hybridized carbons (Fsp3) is 0.111. The topological polar surface area (TPSA) is 71.8 Å². The number of anilines is 1. The Morgan fingerprint density at radius 2 is 2.00 bits per heavy atom. The molecule has 4 nitrogen and oxygen atoms in total. The van der Waals surface area contributed by atoms with Crippen LogP contribution in [0, 0.1) is 0 Å². The summed E-state index contributed by atoms with van der Waals surface area (Å²) in [4.78, 5) is 23.2. The molecule has 0 radical (unpaired) electrons. The van der Waals surface area contributed by atoms with Gasteiger partial charge in [-0.15, -0.1) is 11.3 Å². The van der Waals surface area contributed by atoms with Crippen molar-refractivity contribution in [2.24, 2.45) is 0 Å². The molecule has 0 amide bonds. The molecule has 0 atom stereocenters. The van der Waals surface area contributed by atoms with Gasteiger partial charge in [-0.2, -0.15) is 0 Å². The van der Waals surface area contributed by atoms with Crippen LogP contribution in [0.25, 0.3) is 21.0 Å². The maximum Gasteiger partial charge on any atom is 0.262 e. The summed E-state index contributed by atoms with van der Waals surface area (Å²) >= 11 is 3.16. The number of hydrogen-bond donors (Lipinski definition) is 2. The lowest BCUT2D eigenvalue weighted by atomic mass is 10.1. The molecule has 0 aliphatic rings. The number of H-pyrrole nitrogens is 1. The zero-order valence-electron chi connectivity index (χ0n) is 13.0. The second-order valence-corrected chi connectivity index (χ2v) is 7.62. The van der Waals surface area contributed by atoms with Crippen molar-refractivity contribution in [1.29, 1.82) is 0 Å². The Balaban J connectivity index is 1.87. The van der Waals surface area contributed by atoms with Gasteiger partial charge in [0.05, 0.1) is 5.39 Å². The molecule has 4 rings (SSSR count). The molecule has 4 aromatic rings. The minimum atomic E-state index is -0.170. The van der Waals surface area contributed by atoms with Gasteiger partial charge in [-0.3, -0.25) is 9.78 Å². The standard InChI is InChI=1S/C18H15N3OS2/c1-2-13-15(14-16(22)20-18(19)21-17(14)24-13)23-12-8-7-10-5-3-4-6-11(10)9-12/h3-9H,2H2,1H3,(H3,19,20,21,22). The van der Waals surface area contributed by atoms with Crippen LogP contribution in [0.1, 0.15) is 11.8 Å². The Morgan fingerprint density at radius 1 is 1.21 bits per heavy atom. The largest absolute Gasteiger partial charge is 0.369 e. The Bertz CT molecular complexity index is 1110. The number of nitrogen functional groups attached to an aromatic ring is 1. The molecule has 120 valence electrons. The van der Waals surface area contributed by atoms with Gasteiger partial charge in [-0.1, -0.05) is 49.0 Å². The molecule has 0 fully saturated rings. The number of benzene rings is 2. The zero-order valence-corrected chi connectivity index (χ0v) is 14.6. The van der Waals surface area contributed by atoms with Crippen molar-refractivity contribution in [3.05, 3.63) is 57.7 Å². The number of nitrogens with two attached hydrogens (primary N) is 1. The van der Waals surface area contributed by atoms with E-state index in [2.05, 4.69) is 47.2 Å². The third kappa shape index (κ3) is 2.57. The van der Waals surface area contributed by atoms with Crippen LogP contribution in [0.2, 0.25) is 0 Å². The predicted molar refractivity (Wildman–Crippen MR) is 102 cm³/mol. The summed E-state index contributed by atoms with van der Waals surface area (Å²) in [6, 6.07) is 14.6. The van der Waals surface area contributed by atoms with Gasteiger partial charge in [0.2, 0.25) is 5.95 Å². The minimum absolute atomic E-state index is 0.165. The first-order chi connectivity index (χ1) is 11.7. The van der Waals surface area contributed by atoms with E-state index >= 15 is 0 Å². The number of fused-ring (bicyclic) bond motifs is 2. The van der Waals surface area contributed by atoms with Gasteiger partial charge in [0.1, 0.15) is 4.83 Å². The smallest absolute Gasteiger partial charge is 0.262 e. The van der Waals surface area contributed by atoms with Gasteiger partial charge in [-0.25, -0.2) is 4.98 Å². The molecule has 0 aliphatic carbocycles. The molecule has 0 saturated carbocycles. The molecule has 0 bridgehead atoms. The van der Waals surface area contributed by atoms with Gasteiger partial charge < -0.3 is 5.73 Å². The van der Waals surface area contributed by atoms with Crippen LogP contribution in [0.15, 0.2) is 57.1 Å². The van der Waals surface area contributed by atoms with E-state index in [9.17, 15) is 4.79 Å².